The first-order valence-electron chi connectivity index (χ1n) is 10.6. The Morgan fingerprint density at radius 1 is 1.32 bits per heavy atom. The van der Waals surface area contributed by atoms with Crippen LogP contribution < -0.4 is 10.5 Å². The lowest BCUT2D eigenvalue weighted by Crippen LogP contribution is -2.39. The van der Waals surface area contributed by atoms with Crippen molar-refractivity contribution in [2.75, 3.05) is 5.73 Å². The summed E-state index contributed by atoms with van der Waals surface area (Å²) in [6.45, 7) is 7.77. The molecule has 2 aromatic rings. The lowest BCUT2D eigenvalue weighted by molar-refractivity contribution is -0.894. The molecule has 12 heteroatoms. The van der Waals surface area contributed by atoms with Gasteiger partial charge in [0.2, 0.25) is 11.2 Å². The maximum absolute atomic E-state index is 12.6. The molecule has 1 saturated heterocycles. The molecule has 2 unspecified atom stereocenters. The molecule has 0 amide bonds. The van der Waals surface area contributed by atoms with Gasteiger partial charge in [-0.05, 0) is 19.3 Å². The molecule has 0 aliphatic carbocycles. The number of hydrogen-bond acceptors (Lipinski definition) is 9. The van der Waals surface area contributed by atoms with Crippen molar-refractivity contribution >= 4 is 25.0 Å². The molecule has 3 heterocycles. The summed E-state index contributed by atoms with van der Waals surface area (Å²) < 4.78 is 26.9. The van der Waals surface area contributed by atoms with Crippen LogP contribution in [-0.2, 0) is 13.8 Å². The number of nitrogens with zero attached hydrogens (tertiary/aromatic N) is 4. The van der Waals surface area contributed by atoms with E-state index in [0.717, 1.165) is 12.7 Å². The van der Waals surface area contributed by atoms with Crippen LogP contribution in [0.15, 0.2) is 12.7 Å². The van der Waals surface area contributed by atoms with E-state index in [1.165, 1.54) is 10.9 Å². The summed E-state index contributed by atoms with van der Waals surface area (Å²) in [5.41, 5.74) is 5.59. The zero-order valence-corrected chi connectivity index (χ0v) is 19.3. The Morgan fingerprint density at radius 3 is 2.61 bits per heavy atom. The Balaban J connectivity index is 1.84. The van der Waals surface area contributed by atoms with Gasteiger partial charge in [-0.15, -0.1) is 0 Å². The molecule has 0 spiro atoms. The maximum Gasteiger partial charge on any atom is 0.289 e. The van der Waals surface area contributed by atoms with Gasteiger partial charge in [-0.2, -0.15) is 0 Å². The quantitative estimate of drug-likeness (QED) is 0.248. The number of anilines is 1. The number of imidazole rings is 1. The molecule has 0 aromatic carbocycles. The molecular formula is C19H33N5O6P+. The minimum Gasteiger partial charge on any atom is -0.388 e. The SMILES string of the molecule is CCC(C)[PH](=O)OC(CC)(CC)C[C@H]1O[C@H](n2cnc3c(N)[n+](O)cnc32)[C@H](O)[C@@H]1O. The second-order valence-electron chi connectivity index (χ2n) is 8.17. The number of nitrogens with two attached hydrogens (primary N) is 1. The fourth-order valence-corrected chi connectivity index (χ4v) is 5.16. The predicted molar refractivity (Wildman–Crippen MR) is 113 cm³/mol. The van der Waals surface area contributed by atoms with Gasteiger partial charge in [-0.3, -0.25) is 9.13 Å². The van der Waals surface area contributed by atoms with Gasteiger partial charge in [0, 0.05) is 12.1 Å². The van der Waals surface area contributed by atoms with Gasteiger partial charge in [0.25, 0.3) is 12.1 Å². The molecule has 0 saturated carbocycles. The lowest BCUT2D eigenvalue weighted by atomic mass is 9.88. The Bertz CT molecular complexity index is 936. The normalized spacial score (nSPS) is 26.4. The summed E-state index contributed by atoms with van der Waals surface area (Å²) in [7, 11) is -2.28. The standard InChI is InChI=1S/C19H32N5O6P/c1-5-11(4)31(28)30-19(6-2,7-3)8-12-14(25)15(26)18(29-12)23-9-21-13-16(20)24(27)10-22-17(13)23/h9-12,14-15,18,20,25-27,31H,5-8H2,1-4H3/p+1/t11?,12-,14-,15-,18+/m1/s1. The average Bonchev–Trinajstić information content (AvgIpc) is 3.31. The van der Waals surface area contributed by atoms with E-state index in [1.807, 2.05) is 27.7 Å². The van der Waals surface area contributed by atoms with E-state index in [4.69, 9.17) is 15.0 Å². The van der Waals surface area contributed by atoms with Gasteiger partial charge < -0.3 is 30.4 Å². The van der Waals surface area contributed by atoms with E-state index in [2.05, 4.69) is 9.97 Å². The Hall–Kier alpha value is -1.78. The molecule has 2 aromatic heterocycles. The first kappa shape index (κ1) is 23.9. The molecule has 0 bridgehead atoms. The molecular weight excluding hydrogens is 425 g/mol. The highest BCUT2D eigenvalue weighted by molar-refractivity contribution is 7.40. The van der Waals surface area contributed by atoms with Crippen LogP contribution in [0.2, 0.25) is 0 Å². The van der Waals surface area contributed by atoms with Crippen molar-refractivity contribution in [2.45, 2.75) is 89.2 Å². The van der Waals surface area contributed by atoms with Crippen molar-refractivity contribution in [3.63, 3.8) is 0 Å². The second kappa shape index (κ2) is 9.38. The summed E-state index contributed by atoms with van der Waals surface area (Å²) in [5.74, 6) is -0.00659. The number of hydrogen-bond donors (Lipinski definition) is 4. The van der Waals surface area contributed by atoms with Crippen LogP contribution in [-0.4, -0.2) is 59.5 Å². The van der Waals surface area contributed by atoms with Crippen LogP contribution in [0.3, 0.4) is 0 Å². The van der Waals surface area contributed by atoms with Crippen molar-refractivity contribution < 1.29 is 34.0 Å². The maximum atomic E-state index is 12.6. The van der Waals surface area contributed by atoms with Gasteiger partial charge in [-0.1, -0.05) is 37.4 Å². The van der Waals surface area contributed by atoms with E-state index in [0.29, 0.717) is 23.2 Å². The fraction of sp³-hybridized carbons (Fsp3) is 0.737. The molecule has 1 aliphatic rings. The first-order chi connectivity index (χ1) is 14.7. The third-order valence-corrected chi connectivity index (χ3v) is 8.20. The number of ether oxygens (including phenoxy) is 1. The molecule has 6 atom stereocenters. The Labute approximate surface area is 181 Å². The Morgan fingerprint density at radius 2 is 2.00 bits per heavy atom. The van der Waals surface area contributed by atoms with Crippen LogP contribution >= 0.6 is 8.03 Å². The van der Waals surface area contributed by atoms with Crippen molar-refractivity contribution in [3.05, 3.63) is 12.7 Å². The summed E-state index contributed by atoms with van der Waals surface area (Å²) in [6.07, 6.45) is 0.592. The topological polar surface area (TPSA) is 157 Å². The number of aromatic nitrogens is 4. The highest BCUT2D eigenvalue weighted by atomic mass is 31.1. The number of nitrogen functional groups attached to an aromatic ring is 1. The van der Waals surface area contributed by atoms with E-state index < -0.39 is 38.2 Å². The summed E-state index contributed by atoms with van der Waals surface area (Å²) in [6, 6.07) is 0. The minimum atomic E-state index is -2.28. The van der Waals surface area contributed by atoms with Crippen molar-refractivity contribution in [1.82, 2.24) is 14.5 Å². The highest BCUT2D eigenvalue weighted by Gasteiger charge is 2.48. The molecule has 31 heavy (non-hydrogen) atoms. The number of rotatable bonds is 9. The number of aliphatic hydroxyl groups is 2. The van der Waals surface area contributed by atoms with Gasteiger partial charge in [-0.25, -0.2) is 4.98 Å². The lowest BCUT2D eigenvalue weighted by Gasteiger charge is -2.35. The molecule has 5 N–H and O–H groups in total. The largest absolute Gasteiger partial charge is 0.388 e. The monoisotopic (exact) mass is 458 g/mol. The third-order valence-electron chi connectivity index (χ3n) is 6.35. The summed E-state index contributed by atoms with van der Waals surface area (Å²) >= 11 is 0. The average molecular weight is 458 g/mol. The zero-order valence-electron chi connectivity index (χ0n) is 18.3. The smallest absolute Gasteiger partial charge is 0.289 e. The van der Waals surface area contributed by atoms with E-state index in [-0.39, 0.29) is 23.4 Å². The first-order valence-corrected chi connectivity index (χ1v) is 12.0. The second-order valence-corrected chi connectivity index (χ2v) is 10.00. The number of aliphatic hydroxyl groups excluding tert-OH is 2. The predicted octanol–water partition coefficient (Wildman–Crippen LogP) is 1.40. The van der Waals surface area contributed by atoms with Crippen molar-refractivity contribution in [1.29, 1.82) is 0 Å². The molecule has 11 nitrogen and oxygen atoms in total. The van der Waals surface area contributed by atoms with Crippen molar-refractivity contribution in [3.8, 4) is 0 Å². The molecule has 3 rings (SSSR count). The van der Waals surface area contributed by atoms with E-state index in [9.17, 15) is 20.0 Å². The van der Waals surface area contributed by atoms with Gasteiger partial charge in [0.15, 0.2) is 14.3 Å². The molecule has 1 aliphatic heterocycles. The van der Waals surface area contributed by atoms with Gasteiger partial charge >= 0.3 is 0 Å². The van der Waals surface area contributed by atoms with Crippen LogP contribution in [0.1, 0.15) is 59.6 Å². The fourth-order valence-electron chi connectivity index (χ4n) is 3.83. The van der Waals surface area contributed by atoms with Crippen LogP contribution in [0.4, 0.5) is 5.82 Å². The van der Waals surface area contributed by atoms with Gasteiger partial charge in [0.1, 0.15) is 18.5 Å². The zero-order chi connectivity index (χ0) is 22.9. The molecule has 1 fully saturated rings. The van der Waals surface area contributed by atoms with Crippen molar-refractivity contribution in [2.24, 2.45) is 0 Å². The summed E-state index contributed by atoms with van der Waals surface area (Å²) in [5, 5.41) is 31.1. The molecule has 174 valence electrons. The third kappa shape index (κ3) is 4.42. The minimum absolute atomic E-state index is 0.00659. The Kier molecular flexibility index (Phi) is 7.22. The van der Waals surface area contributed by atoms with Crippen LogP contribution in [0.25, 0.3) is 11.2 Å². The number of fused-ring (bicyclic) bond motifs is 1. The van der Waals surface area contributed by atoms with E-state index >= 15 is 0 Å². The van der Waals surface area contributed by atoms with Crippen LogP contribution in [0.5, 0.6) is 0 Å². The van der Waals surface area contributed by atoms with E-state index in [1.54, 1.807) is 0 Å². The van der Waals surface area contributed by atoms with Gasteiger partial charge in [0.05, 0.1) is 11.7 Å². The molecule has 0 radical (unpaired) electrons. The summed E-state index contributed by atoms with van der Waals surface area (Å²) in [4.78, 5) is 8.25. The van der Waals surface area contributed by atoms with Crippen LogP contribution in [0, 0.1) is 0 Å². The highest BCUT2D eigenvalue weighted by Crippen LogP contribution is 2.44.